The molecule has 0 fully saturated rings. The van der Waals surface area contributed by atoms with E-state index in [1.807, 2.05) is 0 Å². The first-order valence-electron chi connectivity index (χ1n) is 7.46. The number of Topliss-reactive ketones (excluding diaryl/α,β-unsaturated/α-hetero) is 2. The van der Waals surface area contributed by atoms with Crippen LogP contribution in [0.4, 0.5) is 0 Å². The molecule has 0 heterocycles. The lowest BCUT2D eigenvalue weighted by molar-refractivity contribution is -0.153. The molecule has 2 aromatic carbocycles. The van der Waals surface area contributed by atoms with Crippen LogP contribution in [0.2, 0.25) is 0 Å². The molecule has 0 amide bonds. The molecule has 0 aliphatic rings. The van der Waals surface area contributed by atoms with Crippen molar-refractivity contribution in [2.45, 2.75) is 13.3 Å². The molecule has 0 bridgehead atoms. The van der Waals surface area contributed by atoms with Crippen molar-refractivity contribution in [2.24, 2.45) is 0 Å². The second kappa shape index (κ2) is 7.97. The van der Waals surface area contributed by atoms with E-state index in [2.05, 4.69) is 4.74 Å². The van der Waals surface area contributed by atoms with Crippen LogP contribution in [0.3, 0.4) is 0 Å². The van der Waals surface area contributed by atoms with Gasteiger partial charge in [0.1, 0.15) is 0 Å². The van der Waals surface area contributed by atoms with E-state index in [-0.39, 0.29) is 18.0 Å². The average Bonchev–Trinajstić information content (AvgIpc) is 2.62. The fourth-order valence-electron chi connectivity index (χ4n) is 2.12. The van der Waals surface area contributed by atoms with Gasteiger partial charge in [-0.1, -0.05) is 48.5 Å². The number of rotatable bonds is 7. The van der Waals surface area contributed by atoms with Gasteiger partial charge in [0.05, 0.1) is 13.0 Å². The van der Waals surface area contributed by atoms with Crippen molar-refractivity contribution in [3.63, 3.8) is 0 Å². The molecule has 0 radical (unpaired) electrons. The smallest absolute Gasteiger partial charge is 0.375 e. The molecule has 0 N–H and O–H groups in total. The summed E-state index contributed by atoms with van der Waals surface area (Å²) in [6.07, 6.45) is -0.582. The van der Waals surface area contributed by atoms with E-state index in [1.165, 1.54) is 12.1 Å². The number of hydrogen-bond donors (Lipinski definition) is 0. The Hall–Kier alpha value is -3.08. The highest BCUT2D eigenvalue weighted by atomic mass is 16.5. The Balaban J connectivity index is 2.15. The van der Waals surface area contributed by atoms with Gasteiger partial charge >= 0.3 is 5.97 Å². The van der Waals surface area contributed by atoms with Crippen LogP contribution in [0.5, 0.6) is 0 Å². The second-order valence-electron chi connectivity index (χ2n) is 5.02. The molecule has 0 saturated carbocycles. The van der Waals surface area contributed by atoms with Crippen LogP contribution in [0.25, 0.3) is 0 Å². The Bertz CT molecular complexity index is 777. The van der Waals surface area contributed by atoms with Crippen LogP contribution < -0.4 is 0 Å². The minimum absolute atomic E-state index is 0.0693. The molecule has 0 saturated heterocycles. The summed E-state index contributed by atoms with van der Waals surface area (Å²) in [5.74, 6) is -2.68. The van der Waals surface area contributed by atoms with Crippen molar-refractivity contribution in [1.29, 1.82) is 0 Å². The van der Waals surface area contributed by atoms with Crippen molar-refractivity contribution in [2.75, 3.05) is 6.61 Å². The van der Waals surface area contributed by atoms with E-state index in [4.69, 9.17) is 0 Å². The van der Waals surface area contributed by atoms with E-state index < -0.39 is 24.0 Å². The van der Waals surface area contributed by atoms with Gasteiger partial charge in [-0.15, -0.1) is 0 Å². The first-order valence-corrected chi connectivity index (χ1v) is 7.46. The highest BCUT2D eigenvalue weighted by Gasteiger charge is 2.20. The molecule has 0 aliphatic heterocycles. The molecule has 0 spiro atoms. The predicted octanol–water partition coefficient (Wildman–Crippen LogP) is 2.62. The summed E-state index contributed by atoms with van der Waals surface area (Å²) in [6.45, 7) is 1.64. The quantitative estimate of drug-likeness (QED) is 0.339. The van der Waals surface area contributed by atoms with Gasteiger partial charge in [-0.05, 0) is 13.0 Å². The molecule has 0 unspecified atom stereocenters. The first-order chi connectivity index (χ1) is 11.5. The molecule has 0 aromatic heterocycles. The summed E-state index contributed by atoms with van der Waals surface area (Å²) in [7, 11) is 0. The van der Waals surface area contributed by atoms with Crippen LogP contribution in [-0.2, 0) is 14.3 Å². The molecule has 0 aliphatic carbocycles. The maximum absolute atomic E-state index is 12.4. The van der Waals surface area contributed by atoms with Crippen LogP contribution in [0, 0.1) is 0 Å². The Kier molecular flexibility index (Phi) is 5.73. The number of ketones is 3. The topological polar surface area (TPSA) is 77.5 Å². The van der Waals surface area contributed by atoms with Crippen molar-refractivity contribution < 1.29 is 23.9 Å². The lowest BCUT2D eigenvalue weighted by Gasteiger charge is -2.05. The van der Waals surface area contributed by atoms with Crippen molar-refractivity contribution >= 4 is 23.3 Å². The molecule has 0 atom stereocenters. The zero-order valence-electron chi connectivity index (χ0n) is 13.2. The van der Waals surface area contributed by atoms with Crippen molar-refractivity contribution in [1.82, 2.24) is 0 Å². The number of carbonyl (C=O) groups is 4. The third-order valence-electron chi connectivity index (χ3n) is 3.31. The molecule has 5 heteroatoms. The van der Waals surface area contributed by atoms with Gasteiger partial charge in [0.2, 0.25) is 5.78 Å². The summed E-state index contributed by atoms with van der Waals surface area (Å²) in [5, 5.41) is 0. The minimum Gasteiger partial charge on any atom is -0.460 e. The Morgan fingerprint density at radius 1 is 0.833 bits per heavy atom. The van der Waals surface area contributed by atoms with Crippen LogP contribution in [0.1, 0.15) is 39.6 Å². The van der Waals surface area contributed by atoms with Gasteiger partial charge in [0, 0.05) is 16.7 Å². The SMILES string of the molecule is CCOC(=O)C(=O)CC(=O)c1cccc(C(=O)c2ccccc2)c1. The third kappa shape index (κ3) is 4.23. The Labute approximate surface area is 139 Å². The summed E-state index contributed by atoms with van der Waals surface area (Å²) in [4.78, 5) is 47.4. The van der Waals surface area contributed by atoms with Gasteiger partial charge < -0.3 is 4.74 Å². The highest BCUT2D eigenvalue weighted by Crippen LogP contribution is 2.13. The highest BCUT2D eigenvalue weighted by molar-refractivity contribution is 6.38. The summed E-state index contributed by atoms with van der Waals surface area (Å²) >= 11 is 0. The molecular weight excluding hydrogens is 308 g/mol. The fourth-order valence-corrected chi connectivity index (χ4v) is 2.12. The van der Waals surface area contributed by atoms with Crippen molar-refractivity contribution in [3.8, 4) is 0 Å². The lowest BCUT2D eigenvalue weighted by atomic mass is 9.98. The monoisotopic (exact) mass is 324 g/mol. The van der Waals surface area contributed by atoms with E-state index in [0.717, 1.165) is 0 Å². The predicted molar refractivity (Wildman–Crippen MR) is 86.9 cm³/mol. The number of benzene rings is 2. The van der Waals surface area contributed by atoms with Crippen LogP contribution >= 0.6 is 0 Å². The normalized spacial score (nSPS) is 10.0. The summed E-state index contributed by atoms with van der Waals surface area (Å²) in [5.41, 5.74) is 1.05. The van der Waals surface area contributed by atoms with Crippen molar-refractivity contribution in [3.05, 3.63) is 71.3 Å². The summed E-state index contributed by atoms with van der Waals surface area (Å²) in [6, 6.07) is 14.8. The lowest BCUT2D eigenvalue weighted by Crippen LogP contribution is -2.20. The molecule has 5 nitrogen and oxygen atoms in total. The fraction of sp³-hybridized carbons (Fsp3) is 0.158. The molecular formula is C19H16O5. The molecule has 2 rings (SSSR count). The Morgan fingerprint density at radius 3 is 2.12 bits per heavy atom. The maximum atomic E-state index is 12.4. The van der Waals surface area contributed by atoms with Gasteiger partial charge in [0.25, 0.3) is 0 Å². The van der Waals surface area contributed by atoms with E-state index in [9.17, 15) is 19.2 Å². The standard InChI is InChI=1S/C19H16O5/c1-2-24-19(23)17(21)12-16(20)14-9-6-10-15(11-14)18(22)13-7-4-3-5-8-13/h3-11H,2,12H2,1H3. The maximum Gasteiger partial charge on any atom is 0.375 e. The zero-order chi connectivity index (χ0) is 17.5. The Morgan fingerprint density at radius 2 is 1.46 bits per heavy atom. The number of esters is 1. The summed E-state index contributed by atoms with van der Waals surface area (Å²) < 4.78 is 4.57. The third-order valence-corrected chi connectivity index (χ3v) is 3.31. The van der Waals surface area contributed by atoms with Crippen LogP contribution in [0.15, 0.2) is 54.6 Å². The number of carbonyl (C=O) groups excluding carboxylic acids is 4. The second-order valence-corrected chi connectivity index (χ2v) is 5.02. The number of ether oxygens (including phenoxy) is 1. The van der Waals surface area contributed by atoms with Gasteiger partial charge in [-0.25, -0.2) is 4.79 Å². The van der Waals surface area contributed by atoms with E-state index >= 15 is 0 Å². The molecule has 122 valence electrons. The molecule has 2 aromatic rings. The van der Waals surface area contributed by atoms with Gasteiger partial charge in [0.15, 0.2) is 11.6 Å². The largest absolute Gasteiger partial charge is 0.460 e. The molecule has 24 heavy (non-hydrogen) atoms. The minimum atomic E-state index is -1.03. The first kappa shape index (κ1) is 17.3. The zero-order valence-corrected chi connectivity index (χ0v) is 13.2. The average molecular weight is 324 g/mol. The van der Waals surface area contributed by atoms with E-state index in [1.54, 1.807) is 49.4 Å². The van der Waals surface area contributed by atoms with Gasteiger partial charge in [-0.3, -0.25) is 14.4 Å². The van der Waals surface area contributed by atoms with Crippen LogP contribution in [-0.4, -0.2) is 29.9 Å². The van der Waals surface area contributed by atoms with E-state index in [0.29, 0.717) is 11.1 Å². The number of hydrogen-bond acceptors (Lipinski definition) is 5. The van der Waals surface area contributed by atoms with Gasteiger partial charge in [-0.2, -0.15) is 0 Å².